The maximum Gasteiger partial charge on any atom is 0.338 e. The van der Waals surface area contributed by atoms with Gasteiger partial charge in [-0.05, 0) is 41.8 Å². The van der Waals surface area contributed by atoms with Crippen molar-refractivity contribution in [1.29, 1.82) is 0 Å². The molecule has 3 rings (SSSR count). The van der Waals surface area contributed by atoms with Crippen LogP contribution in [-0.4, -0.2) is 25.1 Å². The molecule has 6 heteroatoms. The highest BCUT2D eigenvalue weighted by atomic mass is 32.1. The van der Waals surface area contributed by atoms with Crippen LogP contribution < -0.4 is 10.1 Å². The summed E-state index contributed by atoms with van der Waals surface area (Å²) in [5.41, 5.74) is 0.909. The Balaban J connectivity index is 1.50. The fourth-order valence-electron chi connectivity index (χ4n) is 2.22. The number of esters is 1. The number of thiophene rings is 1. The summed E-state index contributed by atoms with van der Waals surface area (Å²) in [5, 5.41) is 4.60. The summed E-state index contributed by atoms with van der Waals surface area (Å²) in [6.07, 6.45) is 0. The van der Waals surface area contributed by atoms with Crippen LogP contribution in [0.5, 0.6) is 5.75 Å². The molecule has 1 amide bonds. The smallest absolute Gasteiger partial charge is 0.338 e. The first-order valence-corrected chi connectivity index (χ1v) is 8.90. The maximum absolute atomic E-state index is 12.1. The number of nitrogens with one attached hydrogen (secondary N) is 1. The molecule has 0 saturated heterocycles. The third kappa shape index (κ3) is 4.94. The normalized spacial score (nSPS) is 10.2. The molecule has 0 saturated carbocycles. The number of rotatable bonds is 7. The minimum Gasteiger partial charge on any atom is -0.490 e. The summed E-state index contributed by atoms with van der Waals surface area (Å²) < 4.78 is 10.7. The second kappa shape index (κ2) is 8.82. The average molecular weight is 367 g/mol. The Morgan fingerprint density at radius 2 is 1.77 bits per heavy atom. The van der Waals surface area contributed by atoms with Crippen LogP contribution in [0.4, 0.5) is 5.69 Å². The van der Waals surface area contributed by atoms with Gasteiger partial charge in [0.05, 0.1) is 10.4 Å². The first-order valence-electron chi connectivity index (χ1n) is 8.02. The average Bonchev–Trinajstić information content (AvgIpc) is 3.21. The van der Waals surface area contributed by atoms with E-state index in [0.29, 0.717) is 16.1 Å². The molecule has 3 aromatic rings. The monoisotopic (exact) mass is 367 g/mol. The lowest BCUT2D eigenvalue weighted by atomic mass is 10.2. The van der Waals surface area contributed by atoms with Gasteiger partial charge < -0.3 is 14.8 Å². The first kappa shape index (κ1) is 17.7. The molecule has 0 fully saturated rings. The summed E-state index contributed by atoms with van der Waals surface area (Å²) in [7, 11) is 0. The zero-order chi connectivity index (χ0) is 18.2. The molecule has 26 heavy (non-hydrogen) atoms. The molecule has 0 radical (unpaired) electrons. The van der Waals surface area contributed by atoms with Gasteiger partial charge in [-0.25, -0.2) is 4.79 Å². The lowest BCUT2D eigenvalue weighted by molar-refractivity contribution is 0.0450. The van der Waals surface area contributed by atoms with E-state index in [4.69, 9.17) is 9.47 Å². The van der Waals surface area contributed by atoms with Gasteiger partial charge in [0.15, 0.2) is 0 Å². The van der Waals surface area contributed by atoms with E-state index in [0.717, 1.165) is 5.75 Å². The fourth-order valence-corrected chi connectivity index (χ4v) is 2.84. The highest BCUT2D eigenvalue weighted by molar-refractivity contribution is 7.12. The molecule has 132 valence electrons. The van der Waals surface area contributed by atoms with Crippen molar-refractivity contribution >= 4 is 28.9 Å². The summed E-state index contributed by atoms with van der Waals surface area (Å²) in [5.74, 6) is 0.0532. The van der Waals surface area contributed by atoms with Gasteiger partial charge in [0.1, 0.15) is 19.0 Å². The molecular formula is C20H17NO4S. The zero-order valence-electron chi connectivity index (χ0n) is 13.9. The molecule has 2 aromatic carbocycles. The van der Waals surface area contributed by atoms with Crippen LogP contribution >= 0.6 is 11.3 Å². The van der Waals surface area contributed by atoms with Gasteiger partial charge in [-0.2, -0.15) is 0 Å². The van der Waals surface area contributed by atoms with Crippen molar-refractivity contribution in [3.8, 4) is 5.75 Å². The van der Waals surface area contributed by atoms with Crippen molar-refractivity contribution in [3.05, 3.63) is 82.6 Å². The number of ether oxygens (including phenoxy) is 2. The molecule has 1 aromatic heterocycles. The van der Waals surface area contributed by atoms with Crippen molar-refractivity contribution in [3.63, 3.8) is 0 Å². The van der Waals surface area contributed by atoms with Crippen molar-refractivity contribution in [1.82, 2.24) is 0 Å². The van der Waals surface area contributed by atoms with E-state index < -0.39 is 5.97 Å². The Bertz CT molecular complexity index is 863. The maximum atomic E-state index is 12.1. The van der Waals surface area contributed by atoms with E-state index in [1.54, 1.807) is 30.3 Å². The van der Waals surface area contributed by atoms with Gasteiger partial charge >= 0.3 is 5.97 Å². The Labute approximate surface area is 155 Å². The number of carbonyl (C=O) groups excluding carboxylic acids is 2. The number of hydrogen-bond donors (Lipinski definition) is 1. The second-order valence-electron chi connectivity index (χ2n) is 5.31. The van der Waals surface area contributed by atoms with Crippen molar-refractivity contribution < 1.29 is 19.1 Å². The first-order chi connectivity index (χ1) is 12.7. The minimum atomic E-state index is -0.464. The van der Waals surface area contributed by atoms with E-state index in [-0.39, 0.29) is 19.1 Å². The molecule has 1 heterocycles. The quantitative estimate of drug-likeness (QED) is 0.501. The third-order valence-electron chi connectivity index (χ3n) is 3.43. The lowest BCUT2D eigenvalue weighted by Gasteiger charge is -2.08. The fraction of sp³-hybridized carbons (Fsp3) is 0.100. The topological polar surface area (TPSA) is 64.6 Å². The number of para-hydroxylation sites is 1. The molecular weight excluding hydrogens is 350 g/mol. The van der Waals surface area contributed by atoms with Gasteiger partial charge in [-0.1, -0.05) is 30.3 Å². The Morgan fingerprint density at radius 3 is 2.54 bits per heavy atom. The molecule has 0 aliphatic carbocycles. The van der Waals surface area contributed by atoms with Crippen LogP contribution in [0.3, 0.4) is 0 Å². The van der Waals surface area contributed by atoms with Gasteiger partial charge in [-0.15, -0.1) is 11.3 Å². The van der Waals surface area contributed by atoms with Gasteiger partial charge in [0.25, 0.3) is 5.91 Å². The van der Waals surface area contributed by atoms with Crippen LogP contribution in [0, 0.1) is 0 Å². The largest absolute Gasteiger partial charge is 0.490 e. The Kier molecular flexibility index (Phi) is 6.01. The highest BCUT2D eigenvalue weighted by Crippen LogP contribution is 2.15. The molecule has 0 aliphatic heterocycles. The molecule has 0 spiro atoms. The number of hydrogen-bond acceptors (Lipinski definition) is 5. The van der Waals surface area contributed by atoms with Crippen LogP contribution in [0.15, 0.2) is 72.1 Å². The predicted octanol–water partition coefficient (Wildman–Crippen LogP) is 4.24. The molecule has 0 unspecified atom stereocenters. The Hall–Kier alpha value is -3.12. The molecule has 1 N–H and O–H groups in total. The molecule has 5 nitrogen and oxygen atoms in total. The van der Waals surface area contributed by atoms with E-state index in [2.05, 4.69) is 5.32 Å². The van der Waals surface area contributed by atoms with E-state index >= 15 is 0 Å². The molecule has 0 aliphatic rings. The number of amides is 1. The van der Waals surface area contributed by atoms with E-state index in [1.807, 2.05) is 41.8 Å². The predicted molar refractivity (Wildman–Crippen MR) is 101 cm³/mol. The third-order valence-corrected chi connectivity index (χ3v) is 4.30. The van der Waals surface area contributed by atoms with Crippen LogP contribution in [-0.2, 0) is 4.74 Å². The van der Waals surface area contributed by atoms with Gasteiger partial charge in [0.2, 0.25) is 0 Å². The standard InChI is InChI=1S/C20H17NO4S/c22-19(18-10-5-13-26-18)21-16-7-4-6-15(14-16)20(23)25-12-11-24-17-8-2-1-3-9-17/h1-10,13-14H,11-12H2,(H,21,22). The minimum absolute atomic E-state index is 0.138. The summed E-state index contributed by atoms with van der Waals surface area (Å²) >= 11 is 1.35. The van der Waals surface area contributed by atoms with Crippen molar-refractivity contribution in [2.24, 2.45) is 0 Å². The number of carbonyl (C=O) groups is 2. The van der Waals surface area contributed by atoms with E-state index in [9.17, 15) is 9.59 Å². The Morgan fingerprint density at radius 1 is 0.923 bits per heavy atom. The van der Waals surface area contributed by atoms with Crippen LogP contribution in [0.2, 0.25) is 0 Å². The van der Waals surface area contributed by atoms with Crippen molar-refractivity contribution in [2.75, 3.05) is 18.5 Å². The summed E-state index contributed by atoms with van der Waals surface area (Å²) in [6.45, 7) is 0.407. The molecule has 0 atom stereocenters. The lowest BCUT2D eigenvalue weighted by Crippen LogP contribution is -2.13. The second-order valence-corrected chi connectivity index (χ2v) is 6.26. The van der Waals surface area contributed by atoms with Crippen LogP contribution in [0.1, 0.15) is 20.0 Å². The van der Waals surface area contributed by atoms with E-state index in [1.165, 1.54) is 11.3 Å². The van der Waals surface area contributed by atoms with Gasteiger partial charge in [0, 0.05) is 5.69 Å². The SMILES string of the molecule is O=C(OCCOc1ccccc1)c1cccc(NC(=O)c2cccs2)c1. The van der Waals surface area contributed by atoms with Crippen LogP contribution in [0.25, 0.3) is 0 Å². The number of benzene rings is 2. The van der Waals surface area contributed by atoms with Gasteiger partial charge in [-0.3, -0.25) is 4.79 Å². The molecule has 0 bridgehead atoms. The zero-order valence-corrected chi connectivity index (χ0v) is 14.7. The highest BCUT2D eigenvalue weighted by Gasteiger charge is 2.11. The van der Waals surface area contributed by atoms with Crippen molar-refractivity contribution in [2.45, 2.75) is 0 Å². The number of anilines is 1. The summed E-state index contributed by atoms with van der Waals surface area (Å²) in [4.78, 5) is 24.8. The summed E-state index contributed by atoms with van der Waals surface area (Å²) in [6, 6.07) is 19.5.